The monoisotopic (exact) mass is 306 g/mol. The van der Waals surface area contributed by atoms with Gasteiger partial charge in [-0.3, -0.25) is 0 Å². The Hall–Kier alpha value is -0.520. The van der Waals surface area contributed by atoms with Crippen LogP contribution < -0.4 is 3.61 Å². The zero-order valence-corrected chi connectivity index (χ0v) is 10.1. The van der Waals surface area contributed by atoms with E-state index >= 15 is 0 Å². The molecule has 1 unspecified atom stereocenters. The van der Waals surface area contributed by atoms with Gasteiger partial charge in [0.2, 0.25) is 0 Å². The van der Waals surface area contributed by atoms with E-state index in [2.05, 4.69) is 24.3 Å². The molecule has 0 aliphatic carbocycles. The van der Waals surface area contributed by atoms with Crippen molar-refractivity contribution in [2.75, 3.05) is 0 Å². The maximum atomic E-state index is 10.9. The average molecular weight is 304 g/mol. The van der Waals surface area contributed by atoms with Gasteiger partial charge in [0, 0.05) is 0 Å². The molecule has 1 fully saturated rings. The normalized spacial score (nSPS) is 20.9. The predicted octanol–water partition coefficient (Wildman–Crippen LogP) is 1.14. The van der Waals surface area contributed by atoms with Crippen molar-refractivity contribution >= 4 is 30.5 Å². The Morgan fingerprint density at radius 1 is 1.36 bits per heavy atom. The Balaban J connectivity index is 1.80. The van der Waals surface area contributed by atoms with Crippen molar-refractivity contribution in [2.45, 2.75) is 23.4 Å². The summed E-state index contributed by atoms with van der Waals surface area (Å²) < 4.78 is 7.71. The molecule has 1 aliphatic rings. The van der Waals surface area contributed by atoms with Gasteiger partial charge < -0.3 is 0 Å². The molecule has 0 saturated carbocycles. The minimum absolute atomic E-state index is 0.0180. The van der Waals surface area contributed by atoms with Gasteiger partial charge in [0.05, 0.1) is 0 Å². The summed E-state index contributed by atoms with van der Waals surface area (Å²) in [5.41, 5.74) is 0. The zero-order valence-electron chi connectivity index (χ0n) is 7.81. The van der Waals surface area contributed by atoms with Gasteiger partial charge in [-0.05, 0) is 0 Å². The van der Waals surface area contributed by atoms with Gasteiger partial charge in [0.25, 0.3) is 0 Å². The fourth-order valence-corrected chi connectivity index (χ4v) is 4.15. The standard InChI is InChI=1S/C11H12O2Te/c12-11-7-6-9(13-11)8-14-10-4-2-1-3-5-10/h1-5,9H,6-8H2. The van der Waals surface area contributed by atoms with Crippen LogP contribution in [0.1, 0.15) is 12.8 Å². The van der Waals surface area contributed by atoms with Crippen molar-refractivity contribution in [3.63, 3.8) is 0 Å². The number of esters is 1. The van der Waals surface area contributed by atoms with E-state index in [-0.39, 0.29) is 33.0 Å². The third-order valence-electron chi connectivity index (χ3n) is 2.15. The Morgan fingerprint density at radius 3 is 2.79 bits per heavy atom. The summed E-state index contributed by atoms with van der Waals surface area (Å²) in [5, 5.41) is 0. The van der Waals surface area contributed by atoms with Gasteiger partial charge in [-0.25, -0.2) is 0 Å². The summed E-state index contributed by atoms with van der Waals surface area (Å²) in [6, 6.07) is 10.5. The van der Waals surface area contributed by atoms with Crippen LogP contribution in [0, 0.1) is 0 Å². The summed E-state index contributed by atoms with van der Waals surface area (Å²) in [4.78, 5) is 10.9. The second kappa shape index (κ2) is 4.82. The van der Waals surface area contributed by atoms with Crippen LogP contribution in [0.15, 0.2) is 30.3 Å². The van der Waals surface area contributed by atoms with Crippen LogP contribution in [0.4, 0.5) is 0 Å². The average Bonchev–Trinajstić information content (AvgIpc) is 2.63. The van der Waals surface area contributed by atoms with Crippen molar-refractivity contribution in [2.24, 2.45) is 0 Å². The number of ether oxygens (including phenoxy) is 1. The molecule has 1 aliphatic heterocycles. The van der Waals surface area contributed by atoms with Crippen LogP contribution in [-0.4, -0.2) is 33.0 Å². The molecule has 1 heterocycles. The molecule has 0 spiro atoms. The number of hydrogen-bond donors (Lipinski definition) is 0. The van der Waals surface area contributed by atoms with Crippen LogP contribution in [0.3, 0.4) is 0 Å². The maximum absolute atomic E-state index is 10.9. The van der Waals surface area contributed by atoms with Crippen LogP contribution in [0.5, 0.6) is 0 Å². The van der Waals surface area contributed by atoms with E-state index in [0.29, 0.717) is 6.42 Å². The number of cyclic esters (lactones) is 1. The first-order valence-corrected chi connectivity index (χ1v) is 7.53. The summed E-state index contributed by atoms with van der Waals surface area (Å²) in [7, 11) is 0. The van der Waals surface area contributed by atoms with Gasteiger partial charge in [-0.1, -0.05) is 0 Å². The molecule has 1 saturated heterocycles. The topological polar surface area (TPSA) is 26.3 Å². The van der Waals surface area contributed by atoms with E-state index < -0.39 is 0 Å². The molecule has 0 bridgehead atoms. The Kier molecular flexibility index (Phi) is 3.44. The van der Waals surface area contributed by atoms with E-state index in [0.717, 1.165) is 10.9 Å². The molecule has 0 N–H and O–H groups in total. The molecule has 1 aromatic rings. The van der Waals surface area contributed by atoms with E-state index in [1.807, 2.05) is 6.07 Å². The van der Waals surface area contributed by atoms with Gasteiger partial charge in [-0.2, -0.15) is 0 Å². The van der Waals surface area contributed by atoms with Crippen molar-refractivity contribution in [1.29, 1.82) is 0 Å². The molecule has 0 radical (unpaired) electrons. The molecule has 0 amide bonds. The van der Waals surface area contributed by atoms with E-state index in [1.165, 1.54) is 3.61 Å². The van der Waals surface area contributed by atoms with Crippen LogP contribution in [0.25, 0.3) is 0 Å². The second-order valence-electron chi connectivity index (χ2n) is 3.27. The first-order chi connectivity index (χ1) is 6.84. The zero-order chi connectivity index (χ0) is 9.80. The number of benzene rings is 1. The van der Waals surface area contributed by atoms with E-state index in [9.17, 15) is 4.79 Å². The van der Waals surface area contributed by atoms with Crippen LogP contribution in [-0.2, 0) is 9.53 Å². The van der Waals surface area contributed by atoms with Crippen molar-refractivity contribution in [3.05, 3.63) is 30.3 Å². The van der Waals surface area contributed by atoms with Crippen LogP contribution >= 0.6 is 0 Å². The van der Waals surface area contributed by atoms with Gasteiger partial charge in [-0.15, -0.1) is 0 Å². The Morgan fingerprint density at radius 2 is 2.14 bits per heavy atom. The third kappa shape index (κ3) is 2.73. The third-order valence-corrected chi connectivity index (χ3v) is 5.41. The van der Waals surface area contributed by atoms with Gasteiger partial charge in [0.15, 0.2) is 0 Å². The summed E-state index contributed by atoms with van der Waals surface area (Å²) in [6.45, 7) is 0. The summed E-state index contributed by atoms with van der Waals surface area (Å²) in [5.74, 6) is -0.0180. The van der Waals surface area contributed by atoms with Gasteiger partial charge >= 0.3 is 93.8 Å². The van der Waals surface area contributed by atoms with E-state index in [4.69, 9.17) is 4.74 Å². The fourth-order valence-electron chi connectivity index (χ4n) is 1.41. The molecule has 1 atom stereocenters. The molecule has 14 heavy (non-hydrogen) atoms. The first-order valence-electron chi connectivity index (χ1n) is 4.72. The number of carbonyl (C=O) groups excluding carboxylic acids is 1. The predicted molar refractivity (Wildman–Crippen MR) is 55.8 cm³/mol. The SMILES string of the molecule is O=C1CCC(C[Te]c2ccccc2)O1. The molecular formula is C11H12O2Te. The molecule has 1 aromatic carbocycles. The van der Waals surface area contributed by atoms with Crippen molar-refractivity contribution in [1.82, 2.24) is 0 Å². The van der Waals surface area contributed by atoms with E-state index in [1.54, 1.807) is 0 Å². The number of hydrogen-bond acceptors (Lipinski definition) is 2. The minimum atomic E-state index is -0.161. The first kappa shape index (κ1) is 10.0. The van der Waals surface area contributed by atoms with Crippen LogP contribution in [0.2, 0.25) is 4.47 Å². The molecule has 0 aromatic heterocycles. The number of rotatable bonds is 3. The summed E-state index contributed by atoms with van der Waals surface area (Å²) >= 11 is -0.161. The van der Waals surface area contributed by atoms with Crippen molar-refractivity contribution < 1.29 is 9.53 Å². The summed E-state index contributed by atoms with van der Waals surface area (Å²) in [6.07, 6.45) is 1.76. The van der Waals surface area contributed by atoms with Gasteiger partial charge in [0.1, 0.15) is 0 Å². The Labute approximate surface area is 93.7 Å². The van der Waals surface area contributed by atoms with Crippen molar-refractivity contribution in [3.8, 4) is 0 Å². The molecular weight excluding hydrogens is 292 g/mol. The molecule has 2 rings (SSSR count). The second-order valence-corrected chi connectivity index (χ2v) is 6.40. The fraction of sp³-hybridized carbons (Fsp3) is 0.364. The number of carbonyl (C=O) groups is 1. The molecule has 2 nitrogen and oxygen atoms in total. The molecule has 74 valence electrons. The molecule has 3 heteroatoms. The quantitative estimate of drug-likeness (QED) is 0.618. The Bertz CT molecular complexity index is 310.